The standard InChI is InChI=1S/C36H54/c1-4-7-10-13-16-19-22-25-28-34-31-32-35(29-26-23-20-17-14-11-8-5-2)36(33-34)30-27-24-21-18-15-12-9-6-3/h1-3,31-33H,7-30H2. The molecule has 0 fully saturated rings. The van der Waals surface area contributed by atoms with Gasteiger partial charge in [-0.2, -0.15) is 0 Å². The minimum absolute atomic E-state index is 0.937. The van der Waals surface area contributed by atoms with E-state index in [-0.39, 0.29) is 0 Å². The van der Waals surface area contributed by atoms with Crippen molar-refractivity contribution >= 4 is 0 Å². The summed E-state index contributed by atoms with van der Waals surface area (Å²) in [5.41, 5.74) is 4.78. The first-order valence-corrected chi connectivity index (χ1v) is 15.2. The number of terminal acetylenes is 3. The van der Waals surface area contributed by atoms with E-state index in [0.29, 0.717) is 0 Å². The predicted molar refractivity (Wildman–Crippen MR) is 161 cm³/mol. The highest BCUT2D eigenvalue weighted by atomic mass is 14.1. The van der Waals surface area contributed by atoms with Crippen molar-refractivity contribution in [3.63, 3.8) is 0 Å². The van der Waals surface area contributed by atoms with Gasteiger partial charge in [0.2, 0.25) is 0 Å². The Kier molecular flexibility index (Phi) is 21.8. The molecule has 0 nitrogen and oxygen atoms in total. The largest absolute Gasteiger partial charge is 0.120 e. The molecule has 1 aromatic carbocycles. The molecule has 198 valence electrons. The van der Waals surface area contributed by atoms with Crippen LogP contribution in [0.1, 0.15) is 152 Å². The normalized spacial score (nSPS) is 10.6. The first-order valence-electron chi connectivity index (χ1n) is 15.2. The van der Waals surface area contributed by atoms with E-state index in [0.717, 1.165) is 19.3 Å². The highest BCUT2D eigenvalue weighted by Crippen LogP contribution is 2.21. The van der Waals surface area contributed by atoms with E-state index in [4.69, 9.17) is 19.3 Å². The molecule has 0 atom stereocenters. The Morgan fingerprint density at radius 2 is 0.750 bits per heavy atom. The summed E-state index contributed by atoms with van der Waals surface area (Å²) in [7, 11) is 0. The molecule has 0 amide bonds. The Bertz CT molecular complexity index is 763. The van der Waals surface area contributed by atoms with Gasteiger partial charge in [-0.05, 0) is 74.5 Å². The molecule has 1 rings (SSSR count). The molecule has 0 saturated heterocycles. The zero-order chi connectivity index (χ0) is 25.9. The summed E-state index contributed by atoms with van der Waals surface area (Å²) in [4.78, 5) is 0. The van der Waals surface area contributed by atoms with Crippen LogP contribution in [0.4, 0.5) is 0 Å². The van der Waals surface area contributed by atoms with E-state index >= 15 is 0 Å². The zero-order valence-corrected chi connectivity index (χ0v) is 23.4. The Labute approximate surface area is 225 Å². The Morgan fingerprint density at radius 3 is 1.19 bits per heavy atom. The summed E-state index contributed by atoms with van der Waals surface area (Å²) in [6, 6.07) is 7.42. The molecule has 0 aromatic heterocycles. The molecule has 0 spiro atoms. The van der Waals surface area contributed by atoms with Gasteiger partial charge in [-0.3, -0.25) is 0 Å². The molecule has 0 radical (unpaired) electrons. The predicted octanol–water partition coefficient (Wildman–Crippen LogP) is 10.4. The lowest BCUT2D eigenvalue weighted by Gasteiger charge is -2.13. The van der Waals surface area contributed by atoms with Gasteiger partial charge in [0.25, 0.3) is 0 Å². The van der Waals surface area contributed by atoms with Crippen LogP contribution in [0, 0.1) is 37.0 Å². The van der Waals surface area contributed by atoms with Crippen molar-refractivity contribution in [2.75, 3.05) is 0 Å². The SMILES string of the molecule is C#CCCCCCCCCc1ccc(CCCCCCCCC#C)c(CCCCCCCCC#C)c1. The molecule has 0 unspecified atom stereocenters. The number of hydrogen-bond donors (Lipinski definition) is 0. The van der Waals surface area contributed by atoms with Crippen LogP contribution in [0.5, 0.6) is 0 Å². The number of benzene rings is 1. The molecule has 0 aliphatic carbocycles. The average molecular weight is 487 g/mol. The van der Waals surface area contributed by atoms with E-state index in [1.165, 1.54) is 135 Å². The van der Waals surface area contributed by atoms with Gasteiger partial charge in [0.05, 0.1) is 0 Å². The van der Waals surface area contributed by atoms with E-state index < -0.39 is 0 Å². The fourth-order valence-electron chi connectivity index (χ4n) is 5.07. The van der Waals surface area contributed by atoms with Crippen molar-refractivity contribution in [3.05, 3.63) is 34.9 Å². The lowest BCUT2D eigenvalue weighted by atomic mass is 9.93. The summed E-state index contributed by atoms with van der Waals surface area (Å²) < 4.78 is 0. The highest BCUT2D eigenvalue weighted by Gasteiger charge is 2.06. The Balaban J connectivity index is 2.43. The second kappa shape index (κ2) is 24.6. The summed E-state index contributed by atoms with van der Waals surface area (Å²) >= 11 is 0. The van der Waals surface area contributed by atoms with Crippen LogP contribution >= 0.6 is 0 Å². The summed E-state index contributed by atoms with van der Waals surface area (Å²) in [5.74, 6) is 8.26. The molecule has 0 heterocycles. The van der Waals surface area contributed by atoms with Gasteiger partial charge in [-0.15, -0.1) is 37.0 Å². The monoisotopic (exact) mass is 486 g/mol. The molecular formula is C36H54. The maximum Gasteiger partial charge on any atom is 0.00860 e. The molecule has 0 aliphatic heterocycles. The lowest BCUT2D eigenvalue weighted by molar-refractivity contribution is 0.590. The molecule has 0 heteroatoms. The molecule has 36 heavy (non-hydrogen) atoms. The van der Waals surface area contributed by atoms with Crippen LogP contribution in [-0.4, -0.2) is 0 Å². The second-order valence-electron chi connectivity index (χ2n) is 10.6. The van der Waals surface area contributed by atoms with Crippen LogP contribution < -0.4 is 0 Å². The van der Waals surface area contributed by atoms with Gasteiger partial charge >= 0.3 is 0 Å². The van der Waals surface area contributed by atoms with Gasteiger partial charge in [0.15, 0.2) is 0 Å². The molecule has 0 aliphatic rings. The quantitative estimate of drug-likeness (QED) is 0.101. The van der Waals surface area contributed by atoms with E-state index in [2.05, 4.69) is 36.0 Å². The first-order chi connectivity index (χ1) is 17.8. The minimum atomic E-state index is 0.937. The van der Waals surface area contributed by atoms with Crippen molar-refractivity contribution in [2.45, 2.75) is 154 Å². The summed E-state index contributed by atoms with van der Waals surface area (Å²) in [6.07, 6.45) is 46.0. The first kappa shape index (κ1) is 31.9. The Hall–Kier alpha value is -2.10. The van der Waals surface area contributed by atoms with Gasteiger partial charge in [-0.1, -0.05) is 95.2 Å². The van der Waals surface area contributed by atoms with E-state index in [1.54, 1.807) is 16.7 Å². The van der Waals surface area contributed by atoms with Gasteiger partial charge in [0.1, 0.15) is 0 Å². The number of unbranched alkanes of at least 4 members (excludes halogenated alkanes) is 18. The third-order valence-electron chi connectivity index (χ3n) is 7.34. The minimum Gasteiger partial charge on any atom is -0.120 e. The zero-order valence-electron chi connectivity index (χ0n) is 23.4. The maximum atomic E-state index is 5.36. The fraction of sp³-hybridized carbons (Fsp3) is 0.667. The van der Waals surface area contributed by atoms with Crippen LogP contribution in [0.3, 0.4) is 0 Å². The topological polar surface area (TPSA) is 0 Å². The molecule has 0 saturated carbocycles. The van der Waals surface area contributed by atoms with Crippen LogP contribution in [0.2, 0.25) is 0 Å². The van der Waals surface area contributed by atoms with Crippen molar-refractivity contribution in [1.82, 2.24) is 0 Å². The highest BCUT2D eigenvalue weighted by molar-refractivity contribution is 5.32. The third-order valence-corrected chi connectivity index (χ3v) is 7.34. The van der Waals surface area contributed by atoms with Crippen LogP contribution in [0.15, 0.2) is 18.2 Å². The maximum absolute atomic E-state index is 5.36. The lowest BCUT2D eigenvalue weighted by Crippen LogP contribution is -1.98. The van der Waals surface area contributed by atoms with E-state index in [9.17, 15) is 0 Å². The van der Waals surface area contributed by atoms with Crippen molar-refractivity contribution in [3.8, 4) is 37.0 Å². The molecule has 0 bridgehead atoms. The molecular weight excluding hydrogens is 432 g/mol. The number of rotatable bonds is 24. The van der Waals surface area contributed by atoms with Crippen LogP contribution in [-0.2, 0) is 19.3 Å². The van der Waals surface area contributed by atoms with Crippen molar-refractivity contribution in [1.29, 1.82) is 0 Å². The molecule has 1 aromatic rings. The van der Waals surface area contributed by atoms with Gasteiger partial charge in [-0.25, -0.2) is 0 Å². The second-order valence-corrected chi connectivity index (χ2v) is 10.6. The summed E-state index contributed by atoms with van der Waals surface area (Å²) in [5, 5.41) is 0. The Morgan fingerprint density at radius 1 is 0.389 bits per heavy atom. The average Bonchev–Trinajstić information content (AvgIpc) is 2.89. The fourth-order valence-corrected chi connectivity index (χ4v) is 5.07. The van der Waals surface area contributed by atoms with E-state index in [1.807, 2.05) is 0 Å². The number of hydrogen-bond acceptors (Lipinski definition) is 0. The number of aryl methyl sites for hydroxylation is 3. The molecule has 0 N–H and O–H groups in total. The van der Waals surface area contributed by atoms with Crippen molar-refractivity contribution < 1.29 is 0 Å². The summed E-state index contributed by atoms with van der Waals surface area (Å²) in [6.45, 7) is 0. The van der Waals surface area contributed by atoms with Crippen LogP contribution in [0.25, 0.3) is 0 Å². The third kappa shape index (κ3) is 18.2. The van der Waals surface area contributed by atoms with Gasteiger partial charge in [0, 0.05) is 19.3 Å². The smallest absolute Gasteiger partial charge is 0.00860 e. The van der Waals surface area contributed by atoms with Gasteiger partial charge < -0.3 is 0 Å². The van der Waals surface area contributed by atoms with Crippen molar-refractivity contribution in [2.24, 2.45) is 0 Å².